The van der Waals surface area contributed by atoms with E-state index in [0.717, 1.165) is 4.68 Å². The van der Waals surface area contributed by atoms with Gasteiger partial charge in [-0.3, -0.25) is 14.9 Å². The first-order valence-corrected chi connectivity index (χ1v) is 11.3. The molecule has 1 heterocycles. The zero-order chi connectivity index (χ0) is 25.8. The van der Waals surface area contributed by atoms with Gasteiger partial charge in [-0.15, -0.1) is 0 Å². The van der Waals surface area contributed by atoms with Crippen LogP contribution in [-0.4, -0.2) is 20.8 Å². The predicted octanol–water partition coefficient (Wildman–Crippen LogP) is 5.57. The second-order valence-corrected chi connectivity index (χ2v) is 8.01. The number of nitro benzene ring substituents is 1. The maximum Gasteiger partial charge on any atom is 0.311 e. The van der Waals surface area contributed by atoms with Crippen molar-refractivity contribution in [3.8, 4) is 17.1 Å². The fourth-order valence-electron chi connectivity index (χ4n) is 3.84. The Morgan fingerprint density at radius 2 is 1.68 bits per heavy atom. The highest BCUT2D eigenvalue weighted by Crippen LogP contribution is 2.31. The van der Waals surface area contributed by atoms with Crippen LogP contribution >= 0.6 is 0 Å². The van der Waals surface area contributed by atoms with E-state index in [1.165, 1.54) is 30.5 Å². The minimum atomic E-state index is -0.590. The van der Waals surface area contributed by atoms with Crippen LogP contribution in [0.2, 0.25) is 0 Å². The van der Waals surface area contributed by atoms with Gasteiger partial charge >= 0.3 is 5.69 Å². The summed E-state index contributed by atoms with van der Waals surface area (Å²) >= 11 is 0. The van der Waals surface area contributed by atoms with Crippen molar-refractivity contribution in [3.63, 3.8) is 0 Å². The average Bonchev–Trinajstić information content (AvgIpc) is 2.92. The molecule has 0 spiro atoms. The lowest BCUT2D eigenvalue weighted by Gasteiger charge is -2.11. The van der Waals surface area contributed by atoms with Crippen LogP contribution in [0.3, 0.4) is 0 Å². The van der Waals surface area contributed by atoms with Gasteiger partial charge in [-0.2, -0.15) is 9.78 Å². The van der Waals surface area contributed by atoms with Crippen LogP contribution in [0.5, 0.6) is 5.75 Å². The molecule has 0 radical (unpaired) electrons. The number of nitrogens with zero attached hydrogens (tertiary/aromatic N) is 4. The molecular formula is C28H19FN4O4. The molecule has 0 N–H and O–H groups in total. The summed E-state index contributed by atoms with van der Waals surface area (Å²) in [6.07, 6.45) is 1.30. The van der Waals surface area contributed by atoms with E-state index < -0.39 is 16.3 Å². The van der Waals surface area contributed by atoms with E-state index in [-0.39, 0.29) is 29.2 Å². The molecule has 4 aromatic carbocycles. The van der Waals surface area contributed by atoms with Crippen LogP contribution in [0, 0.1) is 15.9 Å². The lowest BCUT2D eigenvalue weighted by Crippen LogP contribution is -2.20. The lowest BCUT2D eigenvalue weighted by atomic mass is 10.1. The van der Waals surface area contributed by atoms with Gasteiger partial charge in [-0.05, 0) is 24.3 Å². The molecule has 9 heteroatoms. The average molecular weight is 494 g/mol. The van der Waals surface area contributed by atoms with Crippen LogP contribution in [0.1, 0.15) is 11.1 Å². The molecule has 0 fully saturated rings. The van der Waals surface area contributed by atoms with Gasteiger partial charge in [0.2, 0.25) is 5.75 Å². The van der Waals surface area contributed by atoms with Gasteiger partial charge in [0.25, 0.3) is 5.56 Å². The van der Waals surface area contributed by atoms with E-state index in [9.17, 15) is 19.3 Å². The Balaban J connectivity index is 1.62. The smallest absolute Gasteiger partial charge is 0.311 e. The standard InChI is InChI=1S/C28H19FN4O4/c29-23-14-6-4-11-21(23)18-37-26-20(12-8-16-25(26)33(35)36)17-30-32-27(19-9-2-1-3-10-19)31-24-15-7-5-13-22(24)28(32)34/h1-17H,18H2. The number of halogens is 1. The molecule has 0 aliphatic heterocycles. The number of ether oxygens (including phenoxy) is 1. The second-order valence-electron chi connectivity index (χ2n) is 8.01. The molecule has 0 bridgehead atoms. The highest BCUT2D eigenvalue weighted by Gasteiger charge is 2.20. The number of hydrogen-bond donors (Lipinski definition) is 0. The minimum Gasteiger partial charge on any atom is -0.481 e. The van der Waals surface area contributed by atoms with Crippen molar-refractivity contribution >= 4 is 22.8 Å². The molecule has 1 aromatic heterocycles. The van der Waals surface area contributed by atoms with Crippen molar-refractivity contribution in [3.05, 3.63) is 134 Å². The number of benzene rings is 4. The number of nitro groups is 1. The first-order valence-electron chi connectivity index (χ1n) is 11.3. The molecule has 5 rings (SSSR count). The van der Waals surface area contributed by atoms with Gasteiger partial charge in [-0.25, -0.2) is 9.37 Å². The Kier molecular flexibility index (Phi) is 6.50. The van der Waals surface area contributed by atoms with E-state index in [0.29, 0.717) is 22.3 Å². The van der Waals surface area contributed by atoms with E-state index in [1.54, 1.807) is 54.6 Å². The highest BCUT2D eigenvalue weighted by molar-refractivity contribution is 5.86. The summed E-state index contributed by atoms with van der Waals surface area (Å²) < 4.78 is 21.0. The molecule has 37 heavy (non-hydrogen) atoms. The normalized spacial score (nSPS) is 11.2. The number of rotatable bonds is 7. The highest BCUT2D eigenvalue weighted by atomic mass is 19.1. The zero-order valence-corrected chi connectivity index (χ0v) is 19.3. The minimum absolute atomic E-state index is 0.0949. The maximum absolute atomic E-state index is 14.1. The molecule has 0 saturated carbocycles. The van der Waals surface area contributed by atoms with E-state index in [4.69, 9.17) is 4.74 Å². The molecule has 0 saturated heterocycles. The monoisotopic (exact) mass is 494 g/mol. The van der Waals surface area contributed by atoms with Crippen LogP contribution in [0.25, 0.3) is 22.3 Å². The van der Waals surface area contributed by atoms with Crippen molar-refractivity contribution in [2.75, 3.05) is 0 Å². The molecular weight excluding hydrogens is 475 g/mol. The van der Waals surface area contributed by atoms with E-state index >= 15 is 0 Å². The SMILES string of the molecule is O=c1c2ccccc2nc(-c2ccccc2)n1N=Cc1cccc([N+](=O)[O-])c1OCc1ccccc1F. The largest absolute Gasteiger partial charge is 0.481 e. The first kappa shape index (κ1) is 23.6. The summed E-state index contributed by atoms with van der Waals surface area (Å²) in [5, 5.41) is 16.5. The van der Waals surface area contributed by atoms with Gasteiger partial charge in [0, 0.05) is 22.8 Å². The van der Waals surface area contributed by atoms with Gasteiger partial charge in [0.15, 0.2) is 5.82 Å². The van der Waals surface area contributed by atoms with Gasteiger partial charge in [-0.1, -0.05) is 66.7 Å². The fourth-order valence-corrected chi connectivity index (χ4v) is 3.84. The number of para-hydroxylation sites is 2. The third-order valence-electron chi connectivity index (χ3n) is 5.65. The van der Waals surface area contributed by atoms with Crippen molar-refractivity contribution in [2.24, 2.45) is 5.10 Å². The second kappa shape index (κ2) is 10.2. The van der Waals surface area contributed by atoms with Crippen molar-refractivity contribution in [1.82, 2.24) is 9.66 Å². The van der Waals surface area contributed by atoms with Crippen molar-refractivity contribution in [2.45, 2.75) is 6.61 Å². The summed E-state index contributed by atoms with van der Waals surface area (Å²) in [5.41, 5.74) is 0.946. The molecule has 8 nitrogen and oxygen atoms in total. The Morgan fingerprint density at radius 3 is 2.46 bits per heavy atom. The third-order valence-corrected chi connectivity index (χ3v) is 5.65. The first-order chi connectivity index (χ1) is 18.0. The lowest BCUT2D eigenvalue weighted by molar-refractivity contribution is -0.386. The zero-order valence-electron chi connectivity index (χ0n) is 19.3. The summed E-state index contributed by atoms with van der Waals surface area (Å²) in [4.78, 5) is 29.1. The predicted molar refractivity (Wildman–Crippen MR) is 138 cm³/mol. The van der Waals surface area contributed by atoms with Crippen molar-refractivity contribution < 1.29 is 14.1 Å². The molecule has 0 unspecified atom stereocenters. The molecule has 5 aromatic rings. The van der Waals surface area contributed by atoms with Crippen LogP contribution in [0.4, 0.5) is 10.1 Å². The Morgan fingerprint density at radius 1 is 0.946 bits per heavy atom. The summed E-state index contributed by atoms with van der Waals surface area (Å²) in [6.45, 7) is -0.231. The summed E-state index contributed by atoms with van der Waals surface area (Å²) in [6, 6.07) is 26.3. The maximum atomic E-state index is 14.1. The number of hydrogen-bond acceptors (Lipinski definition) is 6. The number of fused-ring (bicyclic) bond motifs is 1. The van der Waals surface area contributed by atoms with E-state index in [2.05, 4.69) is 10.1 Å². The quantitative estimate of drug-likeness (QED) is 0.167. The molecule has 182 valence electrons. The Hall–Kier alpha value is -5.18. The van der Waals surface area contributed by atoms with Crippen LogP contribution in [0.15, 0.2) is 107 Å². The Bertz CT molecular complexity index is 1700. The van der Waals surface area contributed by atoms with Gasteiger partial charge in [0.1, 0.15) is 12.4 Å². The van der Waals surface area contributed by atoms with Gasteiger partial charge < -0.3 is 4.74 Å². The van der Waals surface area contributed by atoms with Crippen molar-refractivity contribution in [1.29, 1.82) is 0 Å². The van der Waals surface area contributed by atoms with Gasteiger partial charge in [0.05, 0.1) is 22.0 Å². The van der Waals surface area contributed by atoms with Crippen LogP contribution in [-0.2, 0) is 6.61 Å². The molecule has 0 aliphatic rings. The van der Waals surface area contributed by atoms with Crippen LogP contribution < -0.4 is 10.3 Å². The summed E-state index contributed by atoms with van der Waals surface area (Å²) in [5.74, 6) is -0.278. The topological polar surface area (TPSA) is 99.6 Å². The fraction of sp³-hybridized carbons (Fsp3) is 0.0357. The molecule has 0 aliphatic carbocycles. The third kappa shape index (κ3) is 4.83. The van der Waals surface area contributed by atoms with E-state index in [1.807, 2.05) is 18.2 Å². The number of aromatic nitrogens is 2. The summed E-state index contributed by atoms with van der Waals surface area (Å²) in [7, 11) is 0. The Labute approximate surface area is 210 Å². The molecule has 0 amide bonds. The molecule has 0 atom stereocenters.